The van der Waals surface area contributed by atoms with Crippen LogP contribution in [0.25, 0.3) is 0 Å². The van der Waals surface area contributed by atoms with E-state index < -0.39 is 6.67 Å². The minimum Gasteiger partial charge on any atom is -0.493 e. The average Bonchev–Trinajstić information content (AvgIpc) is 2.29. The Morgan fingerprint density at radius 3 is 2.80 bits per heavy atom. The van der Waals surface area contributed by atoms with Crippen LogP contribution in [-0.2, 0) is 0 Å². The number of ether oxygens (including phenoxy) is 2. The van der Waals surface area contributed by atoms with Gasteiger partial charge in [0.1, 0.15) is 6.29 Å². The van der Waals surface area contributed by atoms with Crippen molar-refractivity contribution < 1.29 is 18.7 Å². The average molecular weight is 211 g/mol. The number of hydrogen-bond acceptors (Lipinski definition) is 3. The second-order valence-corrected chi connectivity index (χ2v) is 2.92. The number of aldehydes is 1. The number of carbonyl (C=O) groups excluding carboxylic acids is 1. The lowest BCUT2D eigenvalue weighted by molar-refractivity contribution is 0.112. The molecule has 4 heteroatoms. The lowest BCUT2D eigenvalue weighted by Crippen LogP contribution is -2.00. The van der Waals surface area contributed by atoms with E-state index in [4.69, 9.17) is 9.47 Å². The Hall–Kier alpha value is -1.58. The molecule has 15 heavy (non-hydrogen) atoms. The maximum absolute atomic E-state index is 11.8. The Morgan fingerprint density at radius 2 is 2.20 bits per heavy atom. The van der Waals surface area contributed by atoms with Gasteiger partial charge in [0.25, 0.3) is 0 Å². The van der Waals surface area contributed by atoms with Crippen molar-refractivity contribution in [3.8, 4) is 11.5 Å². The number of halogens is 1. The molecule has 0 saturated carbocycles. The van der Waals surface area contributed by atoms with Crippen LogP contribution in [0.1, 0.15) is 16.8 Å². The third kappa shape index (κ3) is 3.23. The van der Waals surface area contributed by atoms with Crippen LogP contribution >= 0.6 is 0 Å². The van der Waals surface area contributed by atoms with Gasteiger partial charge in [-0.3, -0.25) is 9.18 Å². The molecule has 1 aromatic carbocycles. The number of hydrogen-bond donors (Lipinski definition) is 0. The summed E-state index contributed by atoms with van der Waals surface area (Å²) in [5, 5.41) is 0. The third-order valence-electron chi connectivity index (χ3n) is 1.86. The first-order valence-electron chi connectivity index (χ1n) is 4.63. The highest BCUT2D eigenvalue weighted by Crippen LogP contribution is 2.27. The fourth-order valence-electron chi connectivity index (χ4n) is 1.11. The molecule has 0 heterocycles. The second kappa shape index (κ2) is 6.01. The Kier molecular flexibility index (Phi) is 4.60. The first-order chi connectivity index (χ1) is 7.31. The van der Waals surface area contributed by atoms with Gasteiger partial charge in [-0.2, -0.15) is 0 Å². The van der Waals surface area contributed by atoms with E-state index in [-0.39, 0.29) is 0 Å². The van der Waals surface area contributed by atoms with Crippen LogP contribution in [-0.4, -0.2) is 26.7 Å². The molecule has 0 saturated heterocycles. The molecule has 0 bridgehead atoms. The van der Waals surface area contributed by atoms with Crippen LogP contribution in [0.3, 0.4) is 0 Å². The molecule has 0 spiro atoms. The number of benzene rings is 1. The third-order valence-corrected chi connectivity index (χ3v) is 1.86. The topological polar surface area (TPSA) is 35.5 Å². The van der Waals surface area contributed by atoms with Crippen LogP contribution in [0.5, 0.6) is 11.5 Å². The lowest BCUT2D eigenvalue weighted by Gasteiger charge is -2.09. The van der Waals surface area contributed by atoms with Crippen molar-refractivity contribution in [2.45, 2.75) is 6.42 Å². The van der Waals surface area contributed by atoms with Gasteiger partial charge >= 0.3 is 0 Å². The van der Waals surface area contributed by atoms with E-state index in [0.717, 1.165) is 6.29 Å². The number of alkyl halides is 1. The molecule has 3 nitrogen and oxygen atoms in total. The minimum atomic E-state index is -0.408. The molecule has 0 fully saturated rings. The molecule has 1 aromatic rings. The van der Waals surface area contributed by atoms with Gasteiger partial charge in [-0.15, -0.1) is 0 Å². The van der Waals surface area contributed by atoms with E-state index in [1.807, 2.05) is 0 Å². The molecule has 0 atom stereocenters. The van der Waals surface area contributed by atoms with Gasteiger partial charge in [0.2, 0.25) is 0 Å². The van der Waals surface area contributed by atoms with E-state index >= 15 is 0 Å². The smallest absolute Gasteiger partial charge is 0.161 e. The van der Waals surface area contributed by atoms with Crippen LogP contribution < -0.4 is 9.47 Å². The molecule has 0 aliphatic rings. The van der Waals surface area contributed by atoms with Gasteiger partial charge in [-0.1, -0.05) is 0 Å². The van der Waals surface area contributed by atoms with Crippen molar-refractivity contribution in [2.75, 3.05) is 20.4 Å². The highest BCUT2D eigenvalue weighted by Gasteiger charge is 2.04. The fourth-order valence-corrected chi connectivity index (χ4v) is 1.11. The lowest BCUT2D eigenvalue weighted by atomic mass is 10.2. The van der Waals surface area contributed by atoms with Gasteiger partial charge in [-0.05, 0) is 18.2 Å². The van der Waals surface area contributed by atoms with Gasteiger partial charge in [0.05, 0.1) is 20.4 Å². The first kappa shape index (κ1) is 11.5. The summed E-state index contributed by atoms with van der Waals surface area (Å²) in [6, 6.07) is 4.85. The van der Waals surface area contributed by atoms with E-state index in [0.29, 0.717) is 30.1 Å². The van der Waals surface area contributed by atoms with Crippen LogP contribution in [0.2, 0.25) is 0 Å². The minimum absolute atomic E-state index is 0.299. The Balaban J connectivity index is 2.73. The van der Waals surface area contributed by atoms with Gasteiger partial charge in [0, 0.05) is 12.0 Å². The van der Waals surface area contributed by atoms with Crippen molar-refractivity contribution in [3.63, 3.8) is 0 Å². The molecule has 0 radical (unpaired) electrons. The van der Waals surface area contributed by atoms with Crippen LogP contribution in [0, 0.1) is 0 Å². The maximum Gasteiger partial charge on any atom is 0.161 e. The standard InChI is InChI=1S/C11H13FO3/c1-14-11-7-9(8-13)3-4-10(11)15-6-2-5-12/h3-4,7-8H,2,5-6H2,1H3/i12-1. The molecule has 0 N–H and O–H groups in total. The SMILES string of the molecule is COc1cc(C=O)ccc1OCCC[18F]. The van der Waals surface area contributed by atoms with Crippen molar-refractivity contribution in [3.05, 3.63) is 23.8 Å². The van der Waals surface area contributed by atoms with Gasteiger partial charge in [-0.25, -0.2) is 0 Å². The quantitative estimate of drug-likeness (QED) is 0.534. The van der Waals surface area contributed by atoms with E-state index in [1.54, 1.807) is 18.2 Å². The van der Waals surface area contributed by atoms with E-state index in [1.165, 1.54) is 7.11 Å². The zero-order valence-electron chi connectivity index (χ0n) is 8.53. The molecular weight excluding hydrogens is 198 g/mol. The molecule has 0 aliphatic carbocycles. The summed E-state index contributed by atoms with van der Waals surface area (Å²) < 4.78 is 22.2. The zero-order valence-corrected chi connectivity index (χ0v) is 8.53. The predicted octanol–water partition coefficient (Wildman–Crippen LogP) is 2.25. The summed E-state index contributed by atoms with van der Waals surface area (Å²) in [7, 11) is 1.49. The second-order valence-electron chi connectivity index (χ2n) is 2.92. The molecule has 82 valence electrons. The van der Waals surface area contributed by atoms with Gasteiger partial charge in [0.15, 0.2) is 11.5 Å². The molecule has 1 rings (SSSR count). The summed E-state index contributed by atoms with van der Waals surface area (Å²) >= 11 is 0. The van der Waals surface area contributed by atoms with Crippen LogP contribution in [0.15, 0.2) is 18.2 Å². The van der Waals surface area contributed by atoms with E-state index in [9.17, 15) is 9.18 Å². The number of rotatable bonds is 6. The summed E-state index contributed by atoms with van der Waals surface area (Å²) in [6.45, 7) is -0.109. The molecule has 0 aliphatic heterocycles. The summed E-state index contributed by atoms with van der Waals surface area (Å²) in [5.74, 6) is 1.01. The first-order valence-corrected chi connectivity index (χ1v) is 4.63. The monoisotopic (exact) mass is 211 g/mol. The molecular formula is C11H13FO3. The Labute approximate surface area is 87.8 Å². The number of carbonyl (C=O) groups is 1. The van der Waals surface area contributed by atoms with Crippen molar-refractivity contribution in [1.82, 2.24) is 0 Å². The molecule has 0 aromatic heterocycles. The van der Waals surface area contributed by atoms with E-state index in [2.05, 4.69) is 0 Å². The Morgan fingerprint density at radius 1 is 1.40 bits per heavy atom. The normalized spacial score (nSPS) is 9.73. The predicted molar refractivity (Wildman–Crippen MR) is 54.5 cm³/mol. The van der Waals surface area contributed by atoms with Gasteiger partial charge < -0.3 is 9.47 Å². The van der Waals surface area contributed by atoms with Crippen molar-refractivity contribution in [1.29, 1.82) is 0 Å². The number of methoxy groups -OCH3 is 1. The summed E-state index contributed by atoms with van der Waals surface area (Å²) in [4.78, 5) is 10.5. The highest BCUT2D eigenvalue weighted by molar-refractivity contribution is 5.76. The highest BCUT2D eigenvalue weighted by atomic mass is 18.2. The summed E-state index contributed by atoms with van der Waals surface area (Å²) in [5.41, 5.74) is 0.518. The summed E-state index contributed by atoms with van der Waals surface area (Å²) in [6.07, 6.45) is 1.08. The zero-order chi connectivity index (χ0) is 11.1. The Bertz CT molecular complexity index is 326. The largest absolute Gasteiger partial charge is 0.493 e. The fraction of sp³-hybridized carbons (Fsp3) is 0.364. The maximum atomic E-state index is 11.8. The van der Waals surface area contributed by atoms with Crippen molar-refractivity contribution in [2.24, 2.45) is 0 Å². The van der Waals surface area contributed by atoms with Crippen molar-refractivity contribution >= 4 is 6.29 Å². The molecule has 0 unspecified atom stereocenters. The van der Waals surface area contributed by atoms with Crippen LogP contribution in [0.4, 0.5) is 4.39 Å². The molecule has 0 amide bonds.